The quantitative estimate of drug-likeness (QED) is 0.266. The predicted molar refractivity (Wildman–Crippen MR) is 159 cm³/mol. The average Bonchev–Trinajstić information content (AvgIpc) is 3.38. The first-order chi connectivity index (χ1) is 20.0. The number of amides is 3. The van der Waals surface area contributed by atoms with E-state index in [1.165, 1.54) is 19.1 Å². The van der Waals surface area contributed by atoms with Gasteiger partial charge in [-0.3, -0.25) is 19.3 Å². The van der Waals surface area contributed by atoms with Crippen LogP contribution in [0.1, 0.15) is 64.3 Å². The highest BCUT2D eigenvalue weighted by atomic mass is 16.5. The van der Waals surface area contributed by atoms with Crippen LogP contribution in [0, 0.1) is 6.92 Å². The molecular formula is C31H40N4O7. The zero-order chi connectivity index (χ0) is 30.9. The molecule has 1 heterocycles. The molecule has 0 aliphatic rings. The van der Waals surface area contributed by atoms with E-state index >= 15 is 0 Å². The van der Waals surface area contributed by atoms with Crippen LogP contribution in [0.4, 0.5) is 11.5 Å². The number of carbonyl (C=O) groups is 3. The molecule has 1 aromatic heterocycles. The molecule has 0 unspecified atom stereocenters. The van der Waals surface area contributed by atoms with Gasteiger partial charge in [0.25, 0.3) is 0 Å². The van der Waals surface area contributed by atoms with Gasteiger partial charge in [0.05, 0.1) is 20.8 Å². The molecule has 2 N–H and O–H groups in total. The molecule has 11 heteroatoms. The van der Waals surface area contributed by atoms with E-state index in [2.05, 4.69) is 15.8 Å². The van der Waals surface area contributed by atoms with E-state index in [1.54, 1.807) is 55.5 Å². The minimum absolute atomic E-state index is 0.156. The molecule has 3 amide bonds. The smallest absolute Gasteiger partial charge is 0.248 e. The number of ether oxygens (including phenoxy) is 3. The second kappa shape index (κ2) is 14.4. The zero-order valence-electron chi connectivity index (χ0n) is 25.3. The fourth-order valence-electron chi connectivity index (χ4n) is 4.31. The van der Waals surface area contributed by atoms with Crippen LogP contribution in [0.15, 0.2) is 53.1 Å². The highest BCUT2D eigenvalue weighted by Gasteiger charge is 2.37. The van der Waals surface area contributed by atoms with Crippen molar-refractivity contribution in [2.24, 2.45) is 0 Å². The van der Waals surface area contributed by atoms with Crippen molar-refractivity contribution in [1.82, 2.24) is 10.5 Å². The van der Waals surface area contributed by atoms with Crippen molar-refractivity contribution in [3.63, 3.8) is 0 Å². The highest BCUT2D eigenvalue weighted by Crippen LogP contribution is 2.40. The van der Waals surface area contributed by atoms with Crippen molar-refractivity contribution in [1.29, 1.82) is 0 Å². The molecule has 0 saturated heterocycles. The van der Waals surface area contributed by atoms with Crippen LogP contribution in [0.5, 0.6) is 17.2 Å². The van der Waals surface area contributed by atoms with E-state index in [4.69, 9.17) is 18.7 Å². The van der Waals surface area contributed by atoms with Gasteiger partial charge in [-0.05, 0) is 52.3 Å². The molecule has 0 bridgehead atoms. The minimum Gasteiger partial charge on any atom is -0.494 e. The third kappa shape index (κ3) is 8.02. The first kappa shape index (κ1) is 32.0. The van der Waals surface area contributed by atoms with Crippen molar-refractivity contribution in [3.8, 4) is 17.2 Å². The Labute approximate surface area is 246 Å². The molecule has 0 aliphatic heterocycles. The fourth-order valence-corrected chi connectivity index (χ4v) is 4.31. The Morgan fingerprint density at radius 2 is 1.76 bits per heavy atom. The third-order valence-electron chi connectivity index (χ3n) is 6.72. The lowest BCUT2D eigenvalue weighted by Gasteiger charge is -2.35. The van der Waals surface area contributed by atoms with Gasteiger partial charge in [-0.25, -0.2) is 0 Å². The molecular weight excluding hydrogens is 540 g/mol. The summed E-state index contributed by atoms with van der Waals surface area (Å²) in [6, 6.07) is 12.5. The van der Waals surface area contributed by atoms with Crippen molar-refractivity contribution in [3.05, 3.63) is 59.9 Å². The Kier molecular flexibility index (Phi) is 11.0. The van der Waals surface area contributed by atoms with Gasteiger partial charge in [0.1, 0.15) is 17.6 Å². The maximum atomic E-state index is 14.2. The highest BCUT2D eigenvalue weighted by molar-refractivity contribution is 6.03. The van der Waals surface area contributed by atoms with Gasteiger partial charge < -0.3 is 29.4 Å². The van der Waals surface area contributed by atoms with Gasteiger partial charge in [-0.1, -0.05) is 30.3 Å². The molecule has 0 aliphatic carbocycles. The number of nitrogens with one attached hydrogen (secondary N) is 2. The molecule has 1 atom stereocenters. The van der Waals surface area contributed by atoms with Crippen molar-refractivity contribution >= 4 is 29.2 Å². The second-order valence-electron chi connectivity index (χ2n) is 10.3. The Morgan fingerprint density at radius 1 is 1.02 bits per heavy atom. The predicted octanol–water partition coefficient (Wildman–Crippen LogP) is 5.20. The van der Waals surface area contributed by atoms with Crippen LogP contribution < -0.4 is 29.7 Å². The molecule has 0 fully saturated rings. The minimum atomic E-state index is -1.17. The largest absolute Gasteiger partial charge is 0.494 e. The number of nitrogens with zero attached hydrogens (tertiary/aromatic N) is 2. The van der Waals surface area contributed by atoms with Crippen molar-refractivity contribution in [2.45, 2.75) is 65.5 Å². The maximum Gasteiger partial charge on any atom is 0.248 e. The Hall–Kier alpha value is -4.54. The molecule has 42 heavy (non-hydrogen) atoms. The molecule has 3 rings (SSSR count). The number of aryl methyl sites for hydroxylation is 1. The molecule has 0 saturated carbocycles. The van der Waals surface area contributed by atoms with E-state index in [0.717, 1.165) is 0 Å². The van der Waals surface area contributed by atoms with Gasteiger partial charge in [0.2, 0.25) is 17.7 Å². The summed E-state index contributed by atoms with van der Waals surface area (Å²) in [6.45, 7) is 9.75. The van der Waals surface area contributed by atoms with Gasteiger partial charge in [-0.15, -0.1) is 0 Å². The monoisotopic (exact) mass is 580 g/mol. The number of hydrogen-bond acceptors (Lipinski definition) is 8. The van der Waals surface area contributed by atoms with E-state index in [0.29, 0.717) is 47.3 Å². The summed E-state index contributed by atoms with van der Waals surface area (Å²) >= 11 is 0. The van der Waals surface area contributed by atoms with Crippen LogP contribution in [-0.2, 0) is 14.4 Å². The normalized spacial score (nSPS) is 11.8. The first-order valence-corrected chi connectivity index (χ1v) is 13.8. The van der Waals surface area contributed by atoms with Gasteiger partial charge in [-0.2, -0.15) is 0 Å². The van der Waals surface area contributed by atoms with Gasteiger partial charge in [0, 0.05) is 41.8 Å². The number of para-hydroxylation sites is 1. The lowest BCUT2D eigenvalue weighted by molar-refractivity contribution is -0.128. The van der Waals surface area contributed by atoms with E-state index < -0.39 is 29.3 Å². The summed E-state index contributed by atoms with van der Waals surface area (Å²) in [7, 11) is 2.98. The van der Waals surface area contributed by atoms with Crippen molar-refractivity contribution < 1.29 is 33.1 Å². The molecule has 2 aromatic carbocycles. The van der Waals surface area contributed by atoms with Gasteiger partial charge >= 0.3 is 0 Å². The third-order valence-corrected chi connectivity index (χ3v) is 6.72. The number of benzene rings is 2. The number of hydrogen-bond donors (Lipinski definition) is 2. The Balaban J connectivity index is 2.11. The summed E-state index contributed by atoms with van der Waals surface area (Å²) in [5.74, 6) is 0.724. The number of carbonyl (C=O) groups excluding carboxylic acids is 3. The average molecular weight is 581 g/mol. The molecule has 11 nitrogen and oxygen atoms in total. The van der Waals surface area contributed by atoms with Crippen LogP contribution in [-0.4, -0.2) is 49.2 Å². The lowest BCUT2D eigenvalue weighted by atomic mass is 9.97. The number of aromatic nitrogens is 1. The van der Waals surface area contributed by atoms with Crippen LogP contribution >= 0.6 is 0 Å². The topological polar surface area (TPSA) is 132 Å². The molecule has 0 radical (unpaired) electrons. The summed E-state index contributed by atoms with van der Waals surface area (Å²) in [5.41, 5.74) is 0.260. The van der Waals surface area contributed by atoms with Crippen LogP contribution in [0.3, 0.4) is 0 Å². The lowest BCUT2D eigenvalue weighted by Crippen LogP contribution is -2.50. The van der Waals surface area contributed by atoms with E-state index in [1.807, 2.05) is 27.7 Å². The zero-order valence-corrected chi connectivity index (χ0v) is 25.3. The maximum absolute atomic E-state index is 14.2. The molecule has 3 aromatic rings. The summed E-state index contributed by atoms with van der Waals surface area (Å²) in [5, 5.41) is 9.47. The number of anilines is 2. The standard InChI is InChI=1S/C31H40N4O7/c1-8-31(4,5)33-30(38)28(23-14-11-15-24(39-6)29(23)40-7)35(21-12-10-13-22(19-21)41-9-2)27(37)17-16-26(36)32-25-18-20(3)42-34-25/h10-15,18-19,28H,8-9,16-17H2,1-7H3,(H,33,38)(H,32,34,36)/t28-/m0/s1. The van der Waals surface area contributed by atoms with E-state index in [-0.39, 0.29) is 18.7 Å². The first-order valence-electron chi connectivity index (χ1n) is 13.8. The molecule has 226 valence electrons. The molecule has 0 spiro atoms. The summed E-state index contributed by atoms with van der Waals surface area (Å²) < 4.78 is 21.9. The fraction of sp³-hybridized carbons (Fsp3) is 0.419. The number of rotatable bonds is 14. The van der Waals surface area contributed by atoms with Gasteiger partial charge in [0.15, 0.2) is 17.3 Å². The SMILES string of the molecule is CCOc1cccc(N(C(=O)CCC(=O)Nc2cc(C)on2)[C@H](C(=O)NC(C)(C)CC)c2cccc(OC)c2OC)c1. The van der Waals surface area contributed by atoms with E-state index in [9.17, 15) is 14.4 Å². The summed E-state index contributed by atoms with van der Waals surface area (Å²) in [6.07, 6.45) is 0.293. The summed E-state index contributed by atoms with van der Waals surface area (Å²) in [4.78, 5) is 42.4. The number of methoxy groups -OCH3 is 2. The van der Waals surface area contributed by atoms with Crippen molar-refractivity contribution in [2.75, 3.05) is 31.0 Å². The second-order valence-corrected chi connectivity index (χ2v) is 10.3. The Bertz CT molecular complexity index is 1390. The Morgan fingerprint density at radius 3 is 2.38 bits per heavy atom. The van der Waals surface area contributed by atoms with Crippen LogP contribution in [0.25, 0.3) is 0 Å². The van der Waals surface area contributed by atoms with Crippen LogP contribution in [0.2, 0.25) is 0 Å².